The fraction of sp³-hybridized carbons (Fsp3) is 1.00. The molecule has 0 unspecified atom stereocenters. The highest BCUT2D eigenvalue weighted by atomic mass is 28.4. The number of fused-ring (bicyclic) bond motifs is 5. The van der Waals surface area contributed by atoms with Crippen LogP contribution in [0.3, 0.4) is 0 Å². The molecule has 0 bridgehead atoms. The van der Waals surface area contributed by atoms with Crippen molar-refractivity contribution in [1.29, 1.82) is 0 Å². The Kier molecular flexibility index (Phi) is 7.70. The summed E-state index contributed by atoms with van der Waals surface area (Å²) in [5.74, 6) is 4.28. The van der Waals surface area contributed by atoms with Gasteiger partial charge in [-0.3, -0.25) is 0 Å². The summed E-state index contributed by atoms with van der Waals surface area (Å²) in [5.41, 5.74) is 0.779. The van der Waals surface area contributed by atoms with Gasteiger partial charge in [-0.1, -0.05) is 40.0 Å². The van der Waals surface area contributed by atoms with E-state index in [1.165, 1.54) is 57.8 Å². The highest BCUT2D eigenvalue weighted by molar-refractivity contribution is 6.83. The van der Waals surface area contributed by atoms with Crippen molar-refractivity contribution in [3.63, 3.8) is 0 Å². The van der Waals surface area contributed by atoms with Crippen LogP contribution in [0.5, 0.6) is 0 Å². The van der Waals surface area contributed by atoms with Gasteiger partial charge in [0.05, 0.1) is 6.10 Å². The molecule has 0 heterocycles. The summed E-state index contributed by atoms with van der Waals surface area (Å²) >= 11 is 0. The van der Waals surface area contributed by atoms with E-state index in [0.29, 0.717) is 5.41 Å². The lowest BCUT2D eigenvalue weighted by Crippen LogP contribution is -2.57. The monoisotopic (exact) mass is 466 g/mol. The van der Waals surface area contributed by atoms with Crippen LogP contribution in [0.15, 0.2) is 0 Å². The summed E-state index contributed by atoms with van der Waals surface area (Å²) in [6.45, 7) is 20.9. The zero-order valence-corrected chi connectivity index (χ0v) is 24.4. The number of hydrogen-bond acceptors (Lipinski definition) is 2. The van der Waals surface area contributed by atoms with Crippen molar-refractivity contribution in [1.82, 2.24) is 0 Å². The molecule has 4 aliphatic rings. The normalized spacial score (nSPS) is 45.1. The van der Waals surface area contributed by atoms with E-state index < -0.39 is 16.6 Å². The maximum atomic E-state index is 11.2. The van der Waals surface area contributed by atoms with Crippen molar-refractivity contribution < 1.29 is 9.22 Å². The minimum atomic E-state index is -1.23. The van der Waals surface area contributed by atoms with Gasteiger partial charge < -0.3 is 9.22 Å². The van der Waals surface area contributed by atoms with E-state index in [1.54, 1.807) is 0 Å². The van der Waals surface area contributed by atoms with Gasteiger partial charge in [-0.05, 0) is 125 Å². The average molecular weight is 467 g/mol. The van der Waals surface area contributed by atoms with E-state index in [0.717, 1.165) is 36.0 Å². The maximum Gasteiger partial charge on any atom is 0.170 e. The lowest BCUT2D eigenvalue weighted by molar-refractivity contribution is -0.163. The molecule has 8 atom stereocenters. The SMILES string of the molecule is CC[C@H]1CC[C@H]2[C@@H]3CC[C@H]4CCCC[C@]4(C)[C@H]3C[C@H](O)[C@]12C.C[Si](C)(C)O[Si](C)(C)C. The van der Waals surface area contributed by atoms with Crippen LogP contribution in [0.2, 0.25) is 39.3 Å². The van der Waals surface area contributed by atoms with Gasteiger partial charge in [0.15, 0.2) is 16.6 Å². The second-order valence-corrected chi connectivity index (χ2v) is 23.3. The van der Waals surface area contributed by atoms with E-state index in [9.17, 15) is 5.11 Å². The van der Waals surface area contributed by atoms with E-state index in [1.807, 2.05) is 0 Å². The highest BCUT2D eigenvalue weighted by Crippen LogP contribution is 2.67. The van der Waals surface area contributed by atoms with Crippen molar-refractivity contribution in [2.45, 2.75) is 130 Å². The molecule has 4 heteroatoms. The molecule has 0 aromatic carbocycles. The predicted molar refractivity (Wildman–Crippen MR) is 139 cm³/mol. The number of aliphatic hydroxyl groups is 1. The molecule has 0 saturated heterocycles. The third kappa shape index (κ3) is 5.22. The lowest BCUT2D eigenvalue weighted by Gasteiger charge is -2.61. The Labute approximate surface area is 196 Å². The highest BCUT2D eigenvalue weighted by Gasteiger charge is 2.62. The van der Waals surface area contributed by atoms with Crippen LogP contribution in [0, 0.1) is 40.4 Å². The number of hydrogen-bond donors (Lipinski definition) is 1. The molecular weight excluding hydrogens is 412 g/mol. The fourth-order valence-corrected chi connectivity index (χ4v) is 16.3. The third-order valence-corrected chi connectivity index (χ3v) is 14.9. The molecule has 0 radical (unpaired) electrons. The molecule has 0 aromatic rings. The zero-order valence-electron chi connectivity index (χ0n) is 22.4. The van der Waals surface area contributed by atoms with Crippen molar-refractivity contribution in [2.75, 3.05) is 0 Å². The molecule has 0 aliphatic heterocycles. The minimum Gasteiger partial charge on any atom is -0.456 e. The van der Waals surface area contributed by atoms with E-state index in [4.69, 9.17) is 4.12 Å². The molecular formula is C27H54O2Si2. The summed E-state index contributed by atoms with van der Waals surface area (Å²) in [6, 6.07) is 0. The third-order valence-electron chi connectivity index (χ3n) is 9.98. The molecule has 31 heavy (non-hydrogen) atoms. The fourth-order valence-electron chi connectivity index (χ4n) is 8.96. The predicted octanol–water partition coefficient (Wildman–Crippen LogP) is 8.09. The van der Waals surface area contributed by atoms with Gasteiger partial charge >= 0.3 is 0 Å². The van der Waals surface area contributed by atoms with Gasteiger partial charge in [0.25, 0.3) is 0 Å². The van der Waals surface area contributed by atoms with Crippen molar-refractivity contribution >= 4 is 16.6 Å². The Bertz CT molecular complexity index is 597. The number of rotatable bonds is 3. The summed E-state index contributed by atoms with van der Waals surface area (Å²) in [4.78, 5) is 0. The summed E-state index contributed by atoms with van der Waals surface area (Å²) in [7, 11) is -2.46. The van der Waals surface area contributed by atoms with Crippen molar-refractivity contribution in [3.8, 4) is 0 Å². The summed E-state index contributed by atoms with van der Waals surface area (Å²) in [6.07, 6.45) is 13.9. The first kappa shape index (κ1) is 26.0. The van der Waals surface area contributed by atoms with Crippen LogP contribution in [-0.2, 0) is 4.12 Å². The van der Waals surface area contributed by atoms with Gasteiger partial charge in [0.1, 0.15) is 0 Å². The molecule has 0 aromatic heterocycles. The molecule has 0 amide bonds. The van der Waals surface area contributed by atoms with Gasteiger partial charge in [0.2, 0.25) is 0 Å². The first-order valence-electron chi connectivity index (χ1n) is 13.6. The second-order valence-electron chi connectivity index (χ2n) is 14.0. The van der Waals surface area contributed by atoms with Crippen LogP contribution in [-0.4, -0.2) is 27.8 Å². The second kappa shape index (κ2) is 9.19. The zero-order chi connectivity index (χ0) is 23.2. The molecule has 4 saturated carbocycles. The molecule has 4 aliphatic carbocycles. The van der Waals surface area contributed by atoms with E-state index in [-0.39, 0.29) is 11.5 Å². The smallest absolute Gasteiger partial charge is 0.170 e. The standard InChI is InChI=1S/C21H36O.C6H18OSi2/c1-4-14-9-11-17-16-10-8-15-7-5-6-12-20(15,2)18(16)13-19(22)21(14,17)3;1-8(2,3)7-9(4,5)6/h14-19,22H,4-13H2,1-3H3;1-6H3/t14-,15+,16-,17-,18-,19-,20-,21+;/m0./s1. The first-order valence-corrected chi connectivity index (χ1v) is 20.4. The van der Waals surface area contributed by atoms with Crippen LogP contribution in [0.25, 0.3) is 0 Å². The molecule has 2 nitrogen and oxygen atoms in total. The Hall–Kier alpha value is 0.354. The summed E-state index contributed by atoms with van der Waals surface area (Å²) < 4.78 is 5.90. The Morgan fingerprint density at radius 1 is 0.839 bits per heavy atom. The van der Waals surface area contributed by atoms with Crippen LogP contribution in [0.1, 0.15) is 85.0 Å². The minimum absolute atomic E-state index is 0.0382. The molecule has 4 rings (SSSR count). The van der Waals surface area contributed by atoms with Crippen LogP contribution in [0.4, 0.5) is 0 Å². The Morgan fingerprint density at radius 2 is 1.48 bits per heavy atom. The van der Waals surface area contributed by atoms with E-state index in [2.05, 4.69) is 60.1 Å². The van der Waals surface area contributed by atoms with E-state index >= 15 is 0 Å². The molecule has 1 N–H and O–H groups in total. The number of aliphatic hydroxyl groups excluding tert-OH is 1. The lowest BCUT2D eigenvalue weighted by atomic mass is 9.44. The molecule has 182 valence electrons. The average Bonchev–Trinajstić information content (AvgIpc) is 2.97. The quantitative estimate of drug-likeness (QED) is 0.426. The Balaban J connectivity index is 0.000000259. The van der Waals surface area contributed by atoms with Gasteiger partial charge in [-0.25, -0.2) is 0 Å². The van der Waals surface area contributed by atoms with Gasteiger partial charge in [-0.2, -0.15) is 0 Å². The first-order chi connectivity index (χ1) is 14.2. The van der Waals surface area contributed by atoms with Crippen molar-refractivity contribution in [3.05, 3.63) is 0 Å². The summed E-state index contributed by atoms with van der Waals surface area (Å²) in [5, 5.41) is 11.2. The van der Waals surface area contributed by atoms with Gasteiger partial charge in [0, 0.05) is 0 Å². The molecule has 4 fully saturated rings. The van der Waals surface area contributed by atoms with Crippen molar-refractivity contribution in [2.24, 2.45) is 40.4 Å². The topological polar surface area (TPSA) is 29.5 Å². The maximum absolute atomic E-state index is 11.2. The largest absolute Gasteiger partial charge is 0.456 e. The van der Waals surface area contributed by atoms with Gasteiger partial charge in [-0.15, -0.1) is 0 Å². The Morgan fingerprint density at radius 3 is 2.03 bits per heavy atom. The molecule has 0 spiro atoms. The van der Waals surface area contributed by atoms with Crippen LogP contribution < -0.4 is 0 Å². The van der Waals surface area contributed by atoms with Crippen LogP contribution >= 0.6 is 0 Å².